The monoisotopic (exact) mass is 507 g/mol. The summed E-state index contributed by atoms with van der Waals surface area (Å²) in [6.07, 6.45) is 4.39. The van der Waals surface area contributed by atoms with Gasteiger partial charge in [-0.05, 0) is 32.0 Å². The molecule has 12 heteroatoms. The number of pyridine rings is 2. The quantitative estimate of drug-likeness (QED) is 0.232. The Balaban J connectivity index is 1.78. The van der Waals surface area contributed by atoms with Gasteiger partial charge in [-0.3, -0.25) is 19.6 Å². The zero-order valence-electron chi connectivity index (χ0n) is 20.4. The summed E-state index contributed by atoms with van der Waals surface area (Å²) < 4.78 is 33.7. The van der Waals surface area contributed by atoms with Gasteiger partial charge in [0.15, 0.2) is 5.75 Å². The number of rotatable bonds is 8. The number of benzene rings is 1. The highest BCUT2D eigenvalue weighted by molar-refractivity contribution is 6.00. The first-order chi connectivity index (χ1) is 17.8. The first-order valence-electron chi connectivity index (χ1n) is 11.0. The van der Waals surface area contributed by atoms with Crippen LogP contribution in [-0.4, -0.2) is 40.1 Å². The third kappa shape index (κ3) is 5.76. The molecule has 0 saturated carbocycles. The van der Waals surface area contributed by atoms with Crippen LogP contribution in [0.25, 0.3) is 11.3 Å². The third-order valence-corrected chi connectivity index (χ3v) is 5.24. The van der Waals surface area contributed by atoms with Gasteiger partial charge in [0.25, 0.3) is 5.91 Å². The summed E-state index contributed by atoms with van der Waals surface area (Å²) in [5.74, 6) is -1.18. The second-order valence-electron chi connectivity index (χ2n) is 7.84. The Morgan fingerprint density at radius 1 is 0.892 bits per heavy atom. The highest BCUT2D eigenvalue weighted by Gasteiger charge is 2.19. The van der Waals surface area contributed by atoms with Crippen LogP contribution in [-0.2, 0) is 4.84 Å². The van der Waals surface area contributed by atoms with Gasteiger partial charge in [0.05, 0.1) is 60.1 Å². The summed E-state index contributed by atoms with van der Waals surface area (Å²) in [5, 5.41) is 6.10. The van der Waals surface area contributed by atoms with Gasteiger partial charge >= 0.3 is 0 Å². The van der Waals surface area contributed by atoms with Crippen LogP contribution >= 0.6 is 0 Å². The van der Waals surface area contributed by atoms with E-state index in [1.165, 1.54) is 56.9 Å². The average Bonchev–Trinajstić information content (AvgIpc) is 2.86. The Labute approximate surface area is 211 Å². The standard InChI is InChI=1S/C25H23F2N7O3/c1-13-10-29-21(12-28-13)16-7-15(26)8-20(24(16)36-3)32-19-9-23(30-11-17(19)25(35)34-37-4)33-18-5-6-22(27)31-14(18)2/h5-12H,1-4H3,(H,34,35)(H2,30,32,33). The molecule has 0 aliphatic carbocycles. The van der Waals surface area contributed by atoms with E-state index in [2.05, 4.69) is 36.0 Å². The van der Waals surface area contributed by atoms with E-state index in [0.29, 0.717) is 34.2 Å². The summed E-state index contributed by atoms with van der Waals surface area (Å²) in [6.45, 7) is 3.43. The van der Waals surface area contributed by atoms with Crippen molar-refractivity contribution in [3.63, 3.8) is 0 Å². The van der Waals surface area contributed by atoms with Crippen LogP contribution in [0.3, 0.4) is 0 Å². The number of carbonyl (C=O) groups excluding carboxylic acids is 1. The second-order valence-corrected chi connectivity index (χ2v) is 7.84. The van der Waals surface area contributed by atoms with E-state index in [-0.39, 0.29) is 22.7 Å². The summed E-state index contributed by atoms with van der Waals surface area (Å²) in [6, 6.07) is 6.77. The minimum Gasteiger partial charge on any atom is -0.494 e. The predicted molar refractivity (Wildman–Crippen MR) is 133 cm³/mol. The minimum absolute atomic E-state index is 0.101. The number of hydrogen-bond acceptors (Lipinski definition) is 9. The SMILES string of the molecule is CONC(=O)c1cnc(Nc2ccc(F)nc2C)cc1Nc1cc(F)cc(-c2cnc(C)cn2)c1OC. The molecule has 0 spiro atoms. The van der Waals surface area contributed by atoms with E-state index < -0.39 is 17.7 Å². The Bertz CT molecular complexity index is 1450. The molecule has 4 rings (SSSR count). The number of aryl methyl sites for hydroxylation is 2. The predicted octanol–water partition coefficient (Wildman–Crippen LogP) is 4.62. The van der Waals surface area contributed by atoms with E-state index in [4.69, 9.17) is 9.57 Å². The Kier molecular flexibility index (Phi) is 7.49. The number of anilines is 4. The molecule has 37 heavy (non-hydrogen) atoms. The highest BCUT2D eigenvalue weighted by atomic mass is 19.1. The number of carbonyl (C=O) groups is 1. The van der Waals surface area contributed by atoms with Gasteiger partial charge in [-0.15, -0.1) is 0 Å². The van der Waals surface area contributed by atoms with Crippen molar-refractivity contribution in [2.75, 3.05) is 24.9 Å². The maximum Gasteiger partial charge on any atom is 0.278 e. The van der Waals surface area contributed by atoms with E-state index in [1.54, 1.807) is 20.0 Å². The normalized spacial score (nSPS) is 10.6. The van der Waals surface area contributed by atoms with Crippen molar-refractivity contribution >= 4 is 28.8 Å². The number of amides is 1. The Hall–Kier alpha value is -4.71. The first kappa shape index (κ1) is 25.4. The van der Waals surface area contributed by atoms with Gasteiger partial charge in [0.2, 0.25) is 5.95 Å². The summed E-state index contributed by atoms with van der Waals surface area (Å²) >= 11 is 0. The summed E-state index contributed by atoms with van der Waals surface area (Å²) in [5.41, 5.74) is 5.21. The molecule has 1 aromatic carbocycles. The van der Waals surface area contributed by atoms with Crippen LogP contribution in [0.4, 0.5) is 31.7 Å². The molecule has 0 atom stereocenters. The molecule has 0 aliphatic rings. The van der Waals surface area contributed by atoms with Crippen LogP contribution in [0.2, 0.25) is 0 Å². The molecule has 0 radical (unpaired) electrons. The Morgan fingerprint density at radius 3 is 2.38 bits per heavy atom. The lowest BCUT2D eigenvalue weighted by molar-refractivity contribution is 0.0538. The van der Waals surface area contributed by atoms with Gasteiger partial charge in [-0.1, -0.05) is 0 Å². The first-order valence-corrected chi connectivity index (χ1v) is 11.0. The molecule has 4 aromatic rings. The van der Waals surface area contributed by atoms with Crippen molar-refractivity contribution < 1.29 is 23.1 Å². The van der Waals surface area contributed by atoms with E-state index in [1.807, 2.05) is 0 Å². The highest BCUT2D eigenvalue weighted by Crippen LogP contribution is 2.39. The smallest absolute Gasteiger partial charge is 0.278 e. The van der Waals surface area contributed by atoms with Crippen molar-refractivity contribution in [2.45, 2.75) is 13.8 Å². The van der Waals surface area contributed by atoms with Crippen LogP contribution in [0.1, 0.15) is 21.7 Å². The van der Waals surface area contributed by atoms with Gasteiger partial charge in [-0.2, -0.15) is 4.39 Å². The fourth-order valence-corrected chi connectivity index (χ4v) is 3.53. The van der Waals surface area contributed by atoms with E-state index in [0.717, 1.165) is 0 Å². The number of nitrogens with zero attached hydrogens (tertiary/aromatic N) is 4. The van der Waals surface area contributed by atoms with E-state index >= 15 is 0 Å². The molecule has 3 heterocycles. The molecule has 0 aliphatic heterocycles. The molecule has 3 N–H and O–H groups in total. The van der Waals surface area contributed by atoms with Crippen LogP contribution < -0.4 is 20.9 Å². The largest absolute Gasteiger partial charge is 0.494 e. The van der Waals surface area contributed by atoms with Crippen LogP contribution in [0.15, 0.2) is 48.9 Å². The number of halogens is 2. The van der Waals surface area contributed by atoms with Gasteiger partial charge in [0, 0.05) is 30.1 Å². The molecule has 0 bridgehead atoms. The van der Waals surface area contributed by atoms with Gasteiger partial charge in [0.1, 0.15) is 11.6 Å². The minimum atomic E-state index is -0.614. The number of aromatic nitrogens is 4. The third-order valence-electron chi connectivity index (χ3n) is 5.24. The summed E-state index contributed by atoms with van der Waals surface area (Å²) in [7, 11) is 2.73. The molecule has 0 fully saturated rings. The van der Waals surface area contributed by atoms with Crippen LogP contribution in [0, 0.1) is 25.6 Å². The molecule has 0 saturated heterocycles. The van der Waals surface area contributed by atoms with Crippen molar-refractivity contribution in [3.8, 4) is 17.0 Å². The van der Waals surface area contributed by atoms with E-state index in [9.17, 15) is 13.6 Å². The lowest BCUT2D eigenvalue weighted by Crippen LogP contribution is -2.23. The molecular formula is C25H23F2N7O3. The van der Waals surface area contributed by atoms with Crippen molar-refractivity contribution in [1.82, 2.24) is 25.4 Å². The topological polar surface area (TPSA) is 123 Å². The molecule has 3 aromatic heterocycles. The fourth-order valence-electron chi connectivity index (χ4n) is 3.53. The zero-order chi connectivity index (χ0) is 26.5. The Morgan fingerprint density at radius 2 is 1.70 bits per heavy atom. The maximum atomic E-state index is 14.7. The lowest BCUT2D eigenvalue weighted by Gasteiger charge is -2.18. The molecule has 0 unspecified atom stereocenters. The lowest BCUT2D eigenvalue weighted by atomic mass is 10.1. The number of ether oxygens (including phenoxy) is 1. The van der Waals surface area contributed by atoms with Crippen molar-refractivity contribution in [3.05, 3.63) is 77.6 Å². The van der Waals surface area contributed by atoms with Crippen LogP contribution in [0.5, 0.6) is 5.75 Å². The molecule has 10 nitrogen and oxygen atoms in total. The molecule has 1 amide bonds. The molecular weight excluding hydrogens is 484 g/mol. The number of methoxy groups -OCH3 is 1. The molecule has 190 valence electrons. The van der Waals surface area contributed by atoms with Crippen molar-refractivity contribution in [2.24, 2.45) is 0 Å². The average molecular weight is 508 g/mol. The number of hydrogen-bond donors (Lipinski definition) is 3. The van der Waals surface area contributed by atoms with Crippen molar-refractivity contribution in [1.29, 1.82) is 0 Å². The van der Waals surface area contributed by atoms with Gasteiger partial charge < -0.3 is 15.4 Å². The summed E-state index contributed by atoms with van der Waals surface area (Å²) in [4.78, 5) is 34.0. The second kappa shape index (κ2) is 10.9. The number of nitrogens with one attached hydrogen (secondary N) is 3. The zero-order valence-corrected chi connectivity index (χ0v) is 20.4. The number of hydroxylamine groups is 1. The van der Waals surface area contributed by atoms with Gasteiger partial charge in [-0.25, -0.2) is 19.8 Å². The maximum absolute atomic E-state index is 14.7. The fraction of sp³-hybridized carbons (Fsp3) is 0.160.